The van der Waals surface area contributed by atoms with Crippen molar-refractivity contribution in [2.45, 2.75) is 36.8 Å². The van der Waals surface area contributed by atoms with E-state index in [1.807, 2.05) is 42.2 Å². The number of H-pyrrole nitrogens is 1. The molecule has 0 aliphatic carbocycles. The molecule has 1 fully saturated rings. The van der Waals surface area contributed by atoms with Gasteiger partial charge in [-0.1, -0.05) is 35.9 Å². The van der Waals surface area contributed by atoms with Gasteiger partial charge in [-0.2, -0.15) is 0 Å². The number of para-hydroxylation sites is 2. The number of sulfone groups is 1. The third kappa shape index (κ3) is 5.70. The summed E-state index contributed by atoms with van der Waals surface area (Å²) in [5, 5.41) is 3.26. The second kappa shape index (κ2) is 11.4. The Balaban J connectivity index is 1.20. The number of nitrogens with two attached hydrogens (primary N) is 1. The van der Waals surface area contributed by atoms with Crippen LogP contribution in [0.1, 0.15) is 29.8 Å². The number of aryl methyl sites for hydroxylation is 1. The number of hydrogen-bond donors (Lipinski definition) is 3. The fraction of sp³-hybridized carbons (Fsp3) is 0.281. The number of carbonyl (C=O) groups excluding carboxylic acids is 2. The molecule has 4 aromatic rings. The maximum atomic E-state index is 13.3. The Morgan fingerprint density at radius 1 is 1.16 bits per heavy atom. The Labute approximate surface area is 260 Å². The zero-order valence-corrected chi connectivity index (χ0v) is 25.9. The van der Waals surface area contributed by atoms with Gasteiger partial charge in [0.05, 0.1) is 40.3 Å². The van der Waals surface area contributed by atoms with Gasteiger partial charge in [0.25, 0.3) is 0 Å². The first-order valence-corrected chi connectivity index (χ1v) is 16.5. The van der Waals surface area contributed by atoms with E-state index in [9.17, 15) is 18.0 Å². The zero-order valence-electron chi connectivity index (χ0n) is 24.3. The number of hydrogen-bond acceptors (Lipinski definition) is 8. The van der Waals surface area contributed by atoms with Gasteiger partial charge in [0.15, 0.2) is 15.4 Å². The Hall–Kier alpha value is -4.19. The molecule has 228 valence electrons. The van der Waals surface area contributed by atoms with Crippen molar-refractivity contribution < 1.29 is 22.7 Å². The lowest BCUT2D eigenvalue weighted by molar-refractivity contribution is -0.149. The molecule has 0 radical (unpaired) electrons. The smallest absolute Gasteiger partial charge is 0.341 e. The molecule has 0 saturated carbocycles. The van der Waals surface area contributed by atoms with Gasteiger partial charge in [-0.25, -0.2) is 18.2 Å². The van der Waals surface area contributed by atoms with Gasteiger partial charge < -0.3 is 20.8 Å². The number of carbonyl (C=O) groups is 2. The van der Waals surface area contributed by atoms with E-state index in [2.05, 4.69) is 15.3 Å². The summed E-state index contributed by atoms with van der Waals surface area (Å²) >= 11 is 6.71. The van der Waals surface area contributed by atoms with Crippen molar-refractivity contribution in [1.82, 2.24) is 20.2 Å². The summed E-state index contributed by atoms with van der Waals surface area (Å²) in [7, 11) is -3.40. The van der Waals surface area contributed by atoms with Crippen molar-refractivity contribution in [1.29, 1.82) is 0 Å². The number of esters is 1. The number of imidazole rings is 1. The van der Waals surface area contributed by atoms with Crippen LogP contribution >= 0.6 is 11.6 Å². The molecule has 3 heterocycles. The van der Waals surface area contributed by atoms with E-state index in [1.165, 1.54) is 6.07 Å². The van der Waals surface area contributed by atoms with Crippen LogP contribution in [0.4, 0.5) is 0 Å². The highest BCUT2D eigenvalue weighted by Crippen LogP contribution is 2.43. The fourth-order valence-corrected chi connectivity index (χ4v) is 6.96. The maximum absolute atomic E-state index is 13.3. The van der Waals surface area contributed by atoms with Gasteiger partial charge >= 0.3 is 5.97 Å². The Morgan fingerprint density at radius 2 is 1.95 bits per heavy atom. The first-order valence-electron chi connectivity index (χ1n) is 14.2. The monoisotopic (exact) mass is 633 g/mol. The van der Waals surface area contributed by atoms with Crippen molar-refractivity contribution >= 4 is 49.9 Å². The lowest BCUT2D eigenvalue weighted by atomic mass is 9.86. The van der Waals surface area contributed by atoms with Crippen LogP contribution in [0.25, 0.3) is 27.7 Å². The number of amides is 1. The molecule has 1 spiro atoms. The molecule has 4 N–H and O–H groups in total. The highest BCUT2D eigenvalue weighted by Gasteiger charge is 2.49. The number of rotatable bonds is 7. The van der Waals surface area contributed by atoms with Crippen molar-refractivity contribution in [3.05, 3.63) is 88.3 Å². The van der Waals surface area contributed by atoms with E-state index in [1.54, 1.807) is 24.3 Å². The summed E-state index contributed by atoms with van der Waals surface area (Å²) in [6.07, 6.45) is 2.38. The molecular weight excluding hydrogens is 602 g/mol. The summed E-state index contributed by atoms with van der Waals surface area (Å²) < 4.78 is 30.1. The van der Waals surface area contributed by atoms with E-state index in [0.717, 1.165) is 22.9 Å². The molecule has 3 aromatic carbocycles. The zero-order chi connectivity index (χ0) is 31.2. The molecular formula is C32H32ClN5O5S. The van der Waals surface area contributed by atoms with Crippen LogP contribution in [0.3, 0.4) is 0 Å². The van der Waals surface area contributed by atoms with Crippen LogP contribution in [0.2, 0.25) is 5.02 Å². The quantitative estimate of drug-likeness (QED) is 0.259. The minimum absolute atomic E-state index is 0.119. The van der Waals surface area contributed by atoms with Gasteiger partial charge in [-0.05, 0) is 79.4 Å². The number of ether oxygens (including phenoxy) is 1. The van der Waals surface area contributed by atoms with E-state index in [-0.39, 0.29) is 36.0 Å². The average molecular weight is 634 g/mol. The summed E-state index contributed by atoms with van der Waals surface area (Å²) in [6.45, 7) is 3.17. The molecule has 2 aliphatic heterocycles. The summed E-state index contributed by atoms with van der Waals surface area (Å²) in [6, 6.07) is 17.7. The number of fused-ring (bicyclic) bond motifs is 1. The van der Waals surface area contributed by atoms with Crippen LogP contribution < -0.4 is 11.1 Å². The number of piperidine rings is 1. The van der Waals surface area contributed by atoms with Gasteiger partial charge in [0, 0.05) is 23.4 Å². The third-order valence-electron chi connectivity index (χ3n) is 8.20. The number of halogens is 1. The minimum atomic E-state index is -3.40. The lowest BCUT2D eigenvalue weighted by Gasteiger charge is -2.39. The minimum Gasteiger partial charge on any atom is -0.448 e. The summed E-state index contributed by atoms with van der Waals surface area (Å²) in [4.78, 5) is 36.0. The number of aromatic nitrogens is 2. The van der Waals surface area contributed by atoms with Crippen LogP contribution in [0.15, 0.2) is 71.3 Å². The van der Waals surface area contributed by atoms with E-state index in [4.69, 9.17) is 22.1 Å². The molecule has 10 nitrogen and oxygen atoms in total. The lowest BCUT2D eigenvalue weighted by Crippen LogP contribution is -2.53. The number of likely N-dealkylation sites (tertiary alicyclic amines) is 1. The largest absolute Gasteiger partial charge is 0.448 e. The van der Waals surface area contributed by atoms with Gasteiger partial charge in [0.1, 0.15) is 5.82 Å². The summed E-state index contributed by atoms with van der Waals surface area (Å²) in [5.74, 6) is -0.0446. The first kappa shape index (κ1) is 29.9. The van der Waals surface area contributed by atoms with E-state index in [0.29, 0.717) is 52.6 Å². The molecule has 1 aromatic heterocycles. The number of benzene rings is 3. The van der Waals surface area contributed by atoms with Crippen LogP contribution in [-0.2, 0) is 30.7 Å². The molecule has 2 aliphatic rings. The number of nitrogens with zero attached hydrogens (tertiary/aromatic N) is 2. The molecule has 44 heavy (non-hydrogen) atoms. The maximum Gasteiger partial charge on any atom is 0.341 e. The van der Waals surface area contributed by atoms with E-state index < -0.39 is 21.4 Å². The highest BCUT2D eigenvalue weighted by molar-refractivity contribution is 7.90. The van der Waals surface area contributed by atoms with Crippen LogP contribution in [-0.4, -0.2) is 66.7 Å². The van der Waals surface area contributed by atoms with Crippen LogP contribution in [0, 0.1) is 6.92 Å². The van der Waals surface area contributed by atoms with Crippen molar-refractivity contribution in [2.24, 2.45) is 5.73 Å². The molecule has 1 unspecified atom stereocenters. The summed E-state index contributed by atoms with van der Waals surface area (Å²) in [5.41, 5.74) is 10.5. The molecule has 1 atom stereocenters. The van der Waals surface area contributed by atoms with Crippen molar-refractivity contribution in [3.8, 4) is 11.1 Å². The normalized spacial score (nSPS) is 19.1. The standard InChI is InChI=1S/C32H32ClN5O5S/c1-19-13-23(20-7-5-8-21(14-20)44(2,41)42)24(33)15-22(19)29-30(34)32(43-31(29)40)11-6-12-38(18-32)17-28(39)35-16-27-36-25-9-3-4-10-26(25)37-27/h3-5,7-10,13-15H,6,11-12,16-18,34H2,1-2H3,(H,35,39)(H,36,37). The molecule has 1 saturated heterocycles. The van der Waals surface area contributed by atoms with Gasteiger partial charge in [-0.3, -0.25) is 9.69 Å². The molecule has 6 rings (SSSR count). The van der Waals surface area contributed by atoms with Crippen molar-refractivity contribution in [3.63, 3.8) is 0 Å². The predicted octanol–water partition coefficient (Wildman–Crippen LogP) is 3.97. The SMILES string of the molecule is Cc1cc(-c2cccc(S(C)(=O)=O)c2)c(Cl)cc1C1=C(N)C2(CCCN(CC(=O)NCc3nc4ccccc4[nH]3)C2)OC1=O. The first-order chi connectivity index (χ1) is 20.9. The third-order valence-corrected chi connectivity index (χ3v) is 9.62. The van der Waals surface area contributed by atoms with Gasteiger partial charge in [-0.15, -0.1) is 0 Å². The number of aromatic amines is 1. The molecule has 0 bridgehead atoms. The topological polar surface area (TPSA) is 147 Å². The fourth-order valence-electron chi connectivity index (χ4n) is 6.02. The van der Waals surface area contributed by atoms with E-state index >= 15 is 0 Å². The highest BCUT2D eigenvalue weighted by atomic mass is 35.5. The Kier molecular flexibility index (Phi) is 7.73. The molecule has 1 amide bonds. The Morgan fingerprint density at radius 3 is 2.73 bits per heavy atom. The average Bonchev–Trinajstić information content (AvgIpc) is 3.50. The Bertz CT molecular complexity index is 1920. The van der Waals surface area contributed by atoms with Crippen LogP contribution in [0.5, 0.6) is 0 Å². The second-order valence-electron chi connectivity index (χ2n) is 11.4. The number of nitrogens with one attached hydrogen (secondary N) is 2. The predicted molar refractivity (Wildman–Crippen MR) is 168 cm³/mol. The van der Waals surface area contributed by atoms with Gasteiger partial charge in [0.2, 0.25) is 5.91 Å². The molecule has 12 heteroatoms. The van der Waals surface area contributed by atoms with Crippen molar-refractivity contribution in [2.75, 3.05) is 25.9 Å². The second-order valence-corrected chi connectivity index (χ2v) is 13.8.